The number of hydrogen-bond acceptors (Lipinski definition) is 7. The number of nitrogens with one attached hydrogen (secondary N) is 1. The highest BCUT2D eigenvalue weighted by atomic mass is 32.2. The first-order valence-corrected chi connectivity index (χ1v) is 12.0. The summed E-state index contributed by atoms with van der Waals surface area (Å²) in [7, 11) is -3.77. The molecule has 2 saturated heterocycles. The summed E-state index contributed by atoms with van der Waals surface area (Å²) in [5, 5.41) is 18.9. The Morgan fingerprint density at radius 3 is 2.74 bits per heavy atom. The molecule has 1 atom stereocenters. The van der Waals surface area contributed by atoms with Crippen molar-refractivity contribution < 1.29 is 18.1 Å². The maximum Gasteiger partial charge on any atom is 0.294 e. The number of ether oxygens (including phenoxy) is 1. The standard InChI is InChI=1S/C20H27N5O5S/c1-15-6-8-24(9-7-15)31(28,29)18-4-5-19(20(11-18)25(26)27)22-16-12-21-23(13-16)14-17-3-2-10-30-17/h4-5,11-13,15,17,22H,2-3,6-10,14H2,1H3/t17-/m1/s1. The van der Waals surface area contributed by atoms with Crippen molar-refractivity contribution >= 4 is 27.1 Å². The van der Waals surface area contributed by atoms with Gasteiger partial charge in [0, 0.05) is 32.0 Å². The number of aromatic nitrogens is 2. The number of nitro groups is 1. The molecule has 0 radical (unpaired) electrons. The van der Waals surface area contributed by atoms with E-state index in [1.165, 1.54) is 16.4 Å². The minimum Gasteiger partial charge on any atom is -0.376 e. The van der Waals surface area contributed by atoms with E-state index in [-0.39, 0.29) is 22.4 Å². The fraction of sp³-hybridized carbons (Fsp3) is 0.550. The lowest BCUT2D eigenvalue weighted by atomic mass is 10.0. The Balaban J connectivity index is 1.52. The van der Waals surface area contributed by atoms with Gasteiger partial charge in [-0.1, -0.05) is 6.92 Å². The second kappa shape index (κ2) is 8.93. The van der Waals surface area contributed by atoms with Gasteiger partial charge in [0.25, 0.3) is 5.69 Å². The van der Waals surface area contributed by atoms with Crippen LogP contribution < -0.4 is 5.32 Å². The molecule has 10 nitrogen and oxygen atoms in total. The molecule has 1 aromatic heterocycles. The van der Waals surface area contributed by atoms with Gasteiger partial charge in [-0.2, -0.15) is 9.40 Å². The molecule has 1 N–H and O–H groups in total. The molecule has 2 aliphatic heterocycles. The second-order valence-electron chi connectivity index (χ2n) is 8.23. The number of nitrogens with zero attached hydrogens (tertiary/aromatic N) is 4. The van der Waals surface area contributed by atoms with Crippen molar-refractivity contribution in [2.75, 3.05) is 25.0 Å². The van der Waals surface area contributed by atoms with Crippen molar-refractivity contribution in [3.63, 3.8) is 0 Å². The molecular formula is C20H27N5O5S. The third kappa shape index (κ3) is 4.89. The monoisotopic (exact) mass is 449 g/mol. The Morgan fingerprint density at radius 1 is 1.29 bits per heavy atom. The van der Waals surface area contributed by atoms with Crippen LogP contribution in [0.1, 0.15) is 32.6 Å². The van der Waals surface area contributed by atoms with Crippen molar-refractivity contribution in [3.8, 4) is 0 Å². The molecule has 1 aromatic carbocycles. The fourth-order valence-electron chi connectivity index (χ4n) is 3.98. The fourth-order valence-corrected chi connectivity index (χ4v) is 5.47. The van der Waals surface area contributed by atoms with Gasteiger partial charge in [0.1, 0.15) is 5.69 Å². The van der Waals surface area contributed by atoms with Gasteiger partial charge in [-0.3, -0.25) is 14.8 Å². The molecular weight excluding hydrogens is 422 g/mol. The van der Waals surface area contributed by atoms with Crippen LogP contribution in [0, 0.1) is 16.0 Å². The van der Waals surface area contributed by atoms with Crippen molar-refractivity contribution in [1.82, 2.24) is 14.1 Å². The summed E-state index contributed by atoms with van der Waals surface area (Å²) in [6, 6.07) is 3.99. The molecule has 0 amide bonds. The van der Waals surface area contributed by atoms with Gasteiger partial charge in [-0.25, -0.2) is 8.42 Å². The van der Waals surface area contributed by atoms with E-state index in [0.29, 0.717) is 31.2 Å². The molecule has 168 valence electrons. The SMILES string of the molecule is CC1CCN(S(=O)(=O)c2ccc(Nc3cnn(C[C@H]4CCCO4)c3)c([N+](=O)[O-])c2)CC1. The topological polar surface area (TPSA) is 120 Å². The number of rotatable bonds is 7. The van der Waals surface area contributed by atoms with E-state index in [0.717, 1.165) is 38.4 Å². The average molecular weight is 450 g/mol. The van der Waals surface area contributed by atoms with Crippen LogP contribution in [0.25, 0.3) is 0 Å². The molecule has 0 spiro atoms. The molecule has 11 heteroatoms. The van der Waals surface area contributed by atoms with Crippen molar-refractivity contribution in [1.29, 1.82) is 0 Å². The molecule has 31 heavy (non-hydrogen) atoms. The summed E-state index contributed by atoms with van der Waals surface area (Å²) in [5.41, 5.74) is 0.507. The van der Waals surface area contributed by atoms with Crippen LogP contribution in [0.15, 0.2) is 35.5 Å². The van der Waals surface area contributed by atoms with E-state index < -0.39 is 14.9 Å². The summed E-state index contributed by atoms with van der Waals surface area (Å²) >= 11 is 0. The van der Waals surface area contributed by atoms with Crippen LogP contribution in [0.5, 0.6) is 0 Å². The zero-order valence-electron chi connectivity index (χ0n) is 17.4. The molecule has 0 unspecified atom stereocenters. The Bertz CT molecular complexity index is 1040. The van der Waals surface area contributed by atoms with Gasteiger partial charge >= 0.3 is 0 Å². The van der Waals surface area contributed by atoms with Crippen molar-refractivity contribution in [2.24, 2.45) is 5.92 Å². The largest absolute Gasteiger partial charge is 0.376 e. The van der Waals surface area contributed by atoms with Crippen LogP contribution >= 0.6 is 0 Å². The van der Waals surface area contributed by atoms with E-state index in [4.69, 9.17) is 4.74 Å². The number of nitro benzene ring substituents is 1. The quantitative estimate of drug-likeness (QED) is 0.509. The first kappa shape index (κ1) is 21.7. The first-order chi connectivity index (χ1) is 14.8. The average Bonchev–Trinajstić information content (AvgIpc) is 3.41. The second-order valence-corrected chi connectivity index (χ2v) is 10.2. The summed E-state index contributed by atoms with van der Waals surface area (Å²) in [6.45, 7) is 4.34. The lowest BCUT2D eigenvalue weighted by molar-refractivity contribution is -0.384. The van der Waals surface area contributed by atoms with Gasteiger partial charge in [0.05, 0.1) is 34.4 Å². The number of sulfonamides is 1. The summed E-state index contributed by atoms with van der Waals surface area (Å²) in [4.78, 5) is 11.0. The Morgan fingerprint density at radius 2 is 2.06 bits per heavy atom. The summed E-state index contributed by atoms with van der Waals surface area (Å²) in [5.74, 6) is 0.480. The van der Waals surface area contributed by atoms with Gasteiger partial charge in [-0.05, 0) is 43.7 Å². The zero-order chi connectivity index (χ0) is 22.0. The van der Waals surface area contributed by atoms with Crippen LogP contribution in [-0.2, 0) is 21.3 Å². The lowest BCUT2D eigenvalue weighted by Crippen LogP contribution is -2.37. The minimum atomic E-state index is -3.77. The molecule has 0 aliphatic carbocycles. The predicted molar refractivity (Wildman–Crippen MR) is 115 cm³/mol. The van der Waals surface area contributed by atoms with Gasteiger partial charge in [-0.15, -0.1) is 0 Å². The molecule has 2 aromatic rings. The van der Waals surface area contributed by atoms with Gasteiger partial charge < -0.3 is 10.1 Å². The molecule has 2 aliphatic rings. The Hall–Kier alpha value is -2.50. The smallest absolute Gasteiger partial charge is 0.294 e. The molecule has 0 saturated carbocycles. The summed E-state index contributed by atoms with van der Waals surface area (Å²) < 4.78 is 34.7. The number of hydrogen-bond donors (Lipinski definition) is 1. The highest BCUT2D eigenvalue weighted by molar-refractivity contribution is 7.89. The third-order valence-electron chi connectivity index (χ3n) is 5.87. The highest BCUT2D eigenvalue weighted by Crippen LogP contribution is 2.32. The normalized spacial score (nSPS) is 20.7. The van der Waals surface area contributed by atoms with Crippen LogP contribution in [0.4, 0.5) is 17.1 Å². The Kier molecular flexibility index (Phi) is 6.26. The zero-order valence-corrected chi connectivity index (χ0v) is 18.3. The first-order valence-electron chi connectivity index (χ1n) is 10.5. The maximum atomic E-state index is 13.0. The summed E-state index contributed by atoms with van der Waals surface area (Å²) in [6.07, 6.45) is 7.07. The molecule has 3 heterocycles. The van der Waals surface area contributed by atoms with Crippen molar-refractivity contribution in [3.05, 3.63) is 40.7 Å². The molecule has 2 fully saturated rings. The highest BCUT2D eigenvalue weighted by Gasteiger charge is 2.30. The number of anilines is 2. The van der Waals surface area contributed by atoms with E-state index >= 15 is 0 Å². The van der Waals surface area contributed by atoms with Crippen LogP contribution in [0.3, 0.4) is 0 Å². The maximum absolute atomic E-state index is 13.0. The molecule has 0 bridgehead atoms. The van der Waals surface area contributed by atoms with Crippen LogP contribution in [0.2, 0.25) is 0 Å². The van der Waals surface area contributed by atoms with Crippen LogP contribution in [-0.4, -0.2) is 53.2 Å². The van der Waals surface area contributed by atoms with E-state index in [2.05, 4.69) is 17.3 Å². The van der Waals surface area contributed by atoms with E-state index in [9.17, 15) is 18.5 Å². The lowest BCUT2D eigenvalue weighted by Gasteiger charge is -2.29. The van der Waals surface area contributed by atoms with Gasteiger partial charge in [0.15, 0.2) is 0 Å². The predicted octanol–water partition coefficient (Wildman–Crippen LogP) is 3.13. The third-order valence-corrected chi connectivity index (χ3v) is 7.77. The minimum absolute atomic E-state index is 0.0617. The Labute approximate surface area is 181 Å². The van der Waals surface area contributed by atoms with Gasteiger partial charge in [0.2, 0.25) is 10.0 Å². The van der Waals surface area contributed by atoms with E-state index in [1.54, 1.807) is 17.1 Å². The molecule has 4 rings (SSSR count). The number of benzene rings is 1. The number of piperidine rings is 1. The van der Waals surface area contributed by atoms with E-state index in [1.807, 2.05) is 0 Å². The van der Waals surface area contributed by atoms with Crippen molar-refractivity contribution in [2.45, 2.75) is 50.2 Å².